The lowest BCUT2D eigenvalue weighted by Gasteiger charge is -1.98. The van der Waals surface area contributed by atoms with Crippen molar-refractivity contribution < 1.29 is 0 Å². The first-order valence-corrected chi connectivity index (χ1v) is 6.32. The van der Waals surface area contributed by atoms with Crippen LogP contribution in [0.4, 0.5) is 0 Å². The lowest BCUT2D eigenvalue weighted by atomic mass is 10.4. The van der Waals surface area contributed by atoms with Crippen molar-refractivity contribution >= 4 is 38.9 Å². The monoisotopic (exact) mass is 302 g/mol. The Bertz CT molecular complexity index is 470. The minimum Gasteiger partial charge on any atom is -0.233 e. The number of halogens is 2. The highest BCUT2D eigenvalue weighted by Gasteiger charge is 2.09. The fourth-order valence-corrected chi connectivity index (χ4v) is 2.92. The van der Waals surface area contributed by atoms with E-state index in [1.807, 2.05) is 13.0 Å². The predicted molar refractivity (Wildman–Crippen MR) is 67.5 cm³/mol. The Morgan fingerprint density at radius 1 is 1.27 bits per heavy atom. The first kappa shape index (κ1) is 11.0. The number of aryl methyl sites for hydroxylation is 2. The van der Waals surface area contributed by atoms with Crippen LogP contribution in [0, 0.1) is 13.8 Å². The second kappa shape index (κ2) is 4.20. The number of hydrogen-bond acceptors (Lipinski definition) is 3. The molecule has 0 amide bonds. The predicted octanol–water partition coefficient (Wildman–Crippen LogP) is 4.24. The highest BCUT2D eigenvalue weighted by Crippen LogP contribution is 2.32. The van der Waals surface area contributed by atoms with Crippen LogP contribution in [-0.4, -0.2) is 9.97 Å². The smallest absolute Gasteiger partial charge is 0.171 e. The highest BCUT2D eigenvalue weighted by atomic mass is 79.9. The molecule has 0 N–H and O–H groups in total. The molecule has 2 aromatic heterocycles. The van der Waals surface area contributed by atoms with Crippen molar-refractivity contribution in [2.75, 3.05) is 0 Å². The van der Waals surface area contributed by atoms with Gasteiger partial charge in [0.05, 0.1) is 4.88 Å². The van der Waals surface area contributed by atoms with Gasteiger partial charge in [0, 0.05) is 15.0 Å². The van der Waals surface area contributed by atoms with Crippen LogP contribution in [0.5, 0.6) is 0 Å². The minimum atomic E-state index is 0.486. The second-order valence-electron chi connectivity index (χ2n) is 3.17. The van der Waals surface area contributed by atoms with Crippen molar-refractivity contribution in [2.24, 2.45) is 0 Å². The van der Waals surface area contributed by atoms with Gasteiger partial charge in [-0.15, -0.1) is 11.3 Å². The van der Waals surface area contributed by atoms with E-state index in [0.29, 0.717) is 11.0 Å². The molecule has 2 rings (SSSR count). The van der Waals surface area contributed by atoms with E-state index in [1.54, 1.807) is 17.4 Å². The lowest BCUT2D eigenvalue weighted by Crippen LogP contribution is -1.89. The van der Waals surface area contributed by atoms with Gasteiger partial charge in [-0.25, -0.2) is 9.97 Å². The minimum absolute atomic E-state index is 0.486. The molecule has 0 aliphatic rings. The molecule has 0 unspecified atom stereocenters. The molecule has 0 aromatic carbocycles. The Labute approximate surface area is 105 Å². The van der Waals surface area contributed by atoms with Gasteiger partial charge in [0.25, 0.3) is 0 Å². The summed E-state index contributed by atoms with van der Waals surface area (Å²) >= 11 is 11.0. The maximum Gasteiger partial charge on any atom is 0.171 e. The zero-order valence-electron chi connectivity index (χ0n) is 8.21. The van der Waals surface area contributed by atoms with Gasteiger partial charge in [-0.3, -0.25) is 0 Å². The van der Waals surface area contributed by atoms with Crippen LogP contribution < -0.4 is 0 Å². The molecule has 0 aliphatic carbocycles. The Hall–Kier alpha value is -0.450. The molecule has 78 valence electrons. The topological polar surface area (TPSA) is 25.8 Å². The molecule has 0 aliphatic heterocycles. The average Bonchev–Trinajstić information content (AvgIpc) is 2.45. The van der Waals surface area contributed by atoms with Crippen LogP contribution in [0.3, 0.4) is 0 Å². The summed E-state index contributed by atoms with van der Waals surface area (Å²) in [5, 5.41) is 0.486. The fraction of sp³-hybridized carbons (Fsp3) is 0.200. The van der Waals surface area contributed by atoms with Gasteiger partial charge in [-0.05, 0) is 41.9 Å². The van der Waals surface area contributed by atoms with Crippen LogP contribution in [0.1, 0.15) is 10.6 Å². The van der Waals surface area contributed by atoms with Gasteiger partial charge in [0.15, 0.2) is 5.82 Å². The summed E-state index contributed by atoms with van der Waals surface area (Å²) in [6, 6.07) is 3.77. The number of rotatable bonds is 1. The normalized spacial score (nSPS) is 10.7. The number of nitrogens with zero attached hydrogens (tertiary/aromatic N) is 2. The van der Waals surface area contributed by atoms with E-state index in [0.717, 1.165) is 15.0 Å². The fourth-order valence-electron chi connectivity index (χ4n) is 1.21. The molecule has 15 heavy (non-hydrogen) atoms. The molecular weight excluding hydrogens is 296 g/mol. The summed E-state index contributed by atoms with van der Waals surface area (Å²) < 4.78 is 1.09. The molecule has 0 radical (unpaired) electrons. The van der Waals surface area contributed by atoms with E-state index >= 15 is 0 Å². The van der Waals surface area contributed by atoms with Crippen molar-refractivity contribution in [3.05, 3.63) is 32.3 Å². The molecule has 2 heterocycles. The van der Waals surface area contributed by atoms with Crippen LogP contribution in [0.25, 0.3) is 10.7 Å². The summed E-state index contributed by atoms with van der Waals surface area (Å²) in [5.41, 5.74) is 0.882. The van der Waals surface area contributed by atoms with Crippen LogP contribution in [0.15, 0.2) is 16.6 Å². The number of hydrogen-bond donors (Lipinski definition) is 0. The molecule has 0 saturated carbocycles. The van der Waals surface area contributed by atoms with E-state index in [1.165, 1.54) is 4.88 Å². The molecule has 0 bridgehead atoms. The maximum atomic E-state index is 5.89. The van der Waals surface area contributed by atoms with E-state index in [9.17, 15) is 0 Å². The molecule has 0 saturated heterocycles. The summed E-state index contributed by atoms with van der Waals surface area (Å²) in [5.74, 6) is 0.693. The van der Waals surface area contributed by atoms with Crippen LogP contribution in [0.2, 0.25) is 5.15 Å². The van der Waals surface area contributed by atoms with Gasteiger partial charge < -0.3 is 0 Å². The standard InChI is InChI=1S/C10H8BrClN2S/c1-5-3-9(12)14-10(13-5)8-4-7(11)6(2)15-8/h3-4H,1-2H3. The quantitative estimate of drug-likeness (QED) is 0.737. The van der Waals surface area contributed by atoms with Gasteiger partial charge in [-0.1, -0.05) is 11.6 Å². The Balaban J connectivity index is 2.53. The molecule has 0 spiro atoms. The number of thiophene rings is 1. The summed E-state index contributed by atoms with van der Waals surface area (Å²) in [4.78, 5) is 10.8. The van der Waals surface area contributed by atoms with E-state index in [4.69, 9.17) is 11.6 Å². The van der Waals surface area contributed by atoms with E-state index < -0.39 is 0 Å². The van der Waals surface area contributed by atoms with E-state index in [2.05, 4.69) is 32.8 Å². The van der Waals surface area contributed by atoms with Crippen molar-refractivity contribution in [2.45, 2.75) is 13.8 Å². The third-order valence-corrected chi connectivity index (χ3v) is 4.23. The zero-order chi connectivity index (χ0) is 11.0. The van der Waals surface area contributed by atoms with Crippen LogP contribution >= 0.6 is 38.9 Å². The van der Waals surface area contributed by atoms with E-state index in [-0.39, 0.29) is 0 Å². The third kappa shape index (κ3) is 2.38. The Morgan fingerprint density at radius 3 is 2.53 bits per heavy atom. The molecule has 0 atom stereocenters. The third-order valence-electron chi connectivity index (χ3n) is 1.90. The van der Waals surface area contributed by atoms with Gasteiger partial charge in [0.1, 0.15) is 5.15 Å². The summed E-state index contributed by atoms with van der Waals surface area (Å²) in [7, 11) is 0. The molecule has 2 aromatic rings. The zero-order valence-corrected chi connectivity index (χ0v) is 11.4. The van der Waals surface area contributed by atoms with Gasteiger partial charge >= 0.3 is 0 Å². The molecule has 5 heteroatoms. The number of aromatic nitrogens is 2. The van der Waals surface area contributed by atoms with Gasteiger partial charge in [-0.2, -0.15) is 0 Å². The van der Waals surface area contributed by atoms with Crippen LogP contribution in [-0.2, 0) is 0 Å². The van der Waals surface area contributed by atoms with Crippen molar-refractivity contribution in [3.8, 4) is 10.7 Å². The maximum absolute atomic E-state index is 5.89. The Kier molecular flexibility index (Phi) is 3.09. The lowest BCUT2D eigenvalue weighted by molar-refractivity contribution is 1.12. The van der Waals surface area contributed by atoms with Crippen molar-refractivity contribution in [3.63, 3.8) is 0 Å². The average molecular weight is 304 g/mol. The van der Waals surface area contributed by atoms with Crippen molar-refractivity contribution in [1.29, 1.82) is 0 Å². The van der Waals surface area contributed by atoms with Gasteiger partial charge in [0.2, 0.25) is 0 Å². The SMILES string of the molecule is Cc1cc(Cl)nc(-c2cc(Br)c(C)s2)n1. The highest BCUT2D eigenvalue weighted by molar-refractivity contribution is 9.10. The second-order valence-corrected chi connectivity index (χ2v) is 5.67. The summed E-state index contributed by atoms with van der Waals surface area (Å²) in [6.07, 6.45) is 0. The Morgan fingerprint density at radius 2 is 2.00 bits per heavy atom. The molecule has 0 fully saturated rings. The van der Waals surface area contributed by atoms with Crippen molar-refractivity contribution in [1.82, 2.24) is 9.97 Å². The largest absolute Gasteiger partial charge is 0.233 e. The first-order valence-electron chi connectivity index (χ1n) is 4.34. The summed E-state index contributed by atoms with van der Waals surface area (Å²) in [6.45, 7) is 3.96. The molecular formula is C10H8BrClN2S. The molecule has 2 nitrogen and oxygen atoms in total. The first-order chi connectivity index (χ1) is 7.06.